The second kappa shape index (κ2) is 5.20. The number of rotatable bonds is 2. The van der Waals surface area contributed by atoms with E-state index < -0.39 is 0 Å². The molecule has 0 bridgehead atoms. The van der Waals surface area contributed by atoms with Gasteiger partial charge >= 0.3 is 0 Å². The number of nitrogens with one attached hydrogen (secondary N) is 1. The van der Waals surface area contributed by atoms with Gasteiger partial charge in [-0.1, -0.05) is 0 Å². The van der Waals surface area contributed by atoms with Crippen molar-refractivity contribution in [2.24, 2.45) is 0 Å². The standard InChI is InChI=1S/C12H19N5O/c1-8-7-10(16-12(13)15-8)17-6-4-3-5-9(17)11(18)14-2/h7,9H,3-6H2,1-2H3,(H,14,18)(H2,13,15,16). The van der Waals surface area contributed by atoms with E-state index in [2.05, 4.69) is 15.3 Å². The fraction of sp³-hybridized carbons (Fsp3) is 0.583. The molecule has 1 fully saturated rings. The highest BCUT2D eigenvalue weighted by atomic mass is 16.2. The highest BCUT2D eigenvalue weighted by Crippen LogP contribution is 2.24. The first-order valence-corrected chi connectivity index (χ1v) is 6.21. The first-order chi connectivity index (χ1) is 8.61. The van der Waals surface area contributed by atoms with Crippen molar-refractivity contribution in [3.05, 3.63) is 11.8 Å². The minimum atomic E-state index is -0.155. The van der Waals surface area contributed by atoms with E-state index in [4.69, 9.17) is 5.73 Å². The molecular formula is C12H19N5O. The van der Waals surface area contributed by atoms with Crippen molar-refractivity contribution in [2.75, 3.05) is 24.2 Å². The Bertz CT molecular complexity index is 428. The smallest absolute Gasteiger partial charge is 0.242 e. The predicted molar refractivity (Wildman–Crippen MR) is 70.2 cm³/mol. The van der Waals surface area contributed by atoms with Gasteiger partial charge in [-0.15, -0.1) is 0 Å². The number of nitrogen functional groups attached to an aromatic ring is 1. The quantitative estimate of drug-likeness (QED) is 0.796. The third-order valence-corrected chi connectivity index (χ3v) is 3.20. The molecule has 1 amide bonds. The van der Waals surface area contributed by atoms with E-state index in [0.29, 0.717) is 0 Å². The van der Waals surface area contributed by atoms with Crippen LogP contribution in [0.25, 0.3) is 0 Å². The number of anilines is 2. The van der Waals surface area contributed by atoms with E-state index in [0.717, 1.165) is 37.3 Å². The summed E-state index contributed by atoms with van der Waals surface area (Å²) in [5.74, 6) is 1.03. The van der Waals surface area contributed by atoms with Gasteiger partial charge in [0.05, 0.1) is 0 Å². The van der Waals surface area contributed by atoms with E-state index in [1.807, 2.05) is 17.9 Å². The van der Waals surface area contributed by atoms with Crippen LogP contribution in [0.2, 0.25) is 0 Å². The fourth-order valence-corrected chi connectivity index (χ4v) is 2.37. The third kappa shape index (κ3) is 2.52. The number of carbonyl (C=O) groups excluding carboxylic acids is 1. The summed E-state index contributed by atoms with van der Waals surface area (Å²) in [6, 6.07) is 1.72. The van der Waals surface area contributed by atoms with Crippen LogP contribution in [0.3, 0.4) is 0 Å². The van der Waals surface area contributed by atoms with Gasteiger partial charge in [0.25, 0.3) is 0 Å². The van der Waals surface area contributed by atoms with Gasteiger partial charge in [0.2, 0.25) is 11.9 Å². The Morgan fingerprint density at radius 2 is 2.28 bits per heavy atom. The van der Waals surface area contributed by atoms with Crippen LogP contribution in [0.1, 0.15) is 25.0 Å². The van der Waals surface area contributed by atoms with Gasteiger partial charge in [0, 0.05) is 25.4 Å². The monoisotopic (exact) mass is 249 g/mol. The van der Waals surface area contributed by atoms with Crippen LogP contribution in [0.15, 0.2) is 6.07 Å². The molecule has 6 heteroatoms. The number of piperidine rings is 1. The molecule has 0 spiro atoms. The third-order valence-electron chi connectivity index (χ3n) is 3.20. The number of amides is 1. The van der Waals surface area contributed by atoms with E-state index in [9.17, 15) is 4.79 Å². The molecule has 6 nitrogen and oxygen atoms in total. The van der Waals surface area contributed by atoms with Crippen LogP contribution in [0.4, 0.5) is 11.8 Å². The zero-order valence-corrected chi connectivity index (χ0v) is 10.8. The Labute approximate surface area is 107 Å². The van der Waals surface area contributed by atoms with Gasteiger partial charge in [-0.05, 0) is 26.2 Å². The van der Waals surface area contributed by atoms with Crippen molar-refractivity contribution >= 4 is 17.7 Å². The van der Waals surface area contributed by atoms with Crippen molar-refractivity contribution in [2.45, 2.75) is 32.2 Å². The molecule has 1 unspecified atom stereocenters. The highest BCUT2D eigenvalue weighted by Gasteiger charge is 2.29. The summed E-state index contributed by atoms with van der Waals surface area (Å²) in [5.41, 5.74) is 6.49. The van der Waals surface area contributed by atoms with E-state index in [1.54, 1.807) is 7.05 Å². The molecule has 0 aromatic carbocycles. The second-order valence-corrected chi connectivity index (χ2v) is 4.54. The molecule has 1 aliphatic rings. The van der Waals surface area contributed by atoms with Gasteiger partial charge < -0.3 is 16.0 Å². The number of hydrogen-bond donors (Lipinski definition) is 2. The van der Waals surface area contributed by atoms with Gasteiger partial charge in [-0.3, -0.25) is 4.79 Å². The summed E-state index contributed by atoms with van der Waals surface area (Å²) >= 11 is 0. The van der Waals surface area contributed by atoms with Crippen LogP contribution in [0.5, 0.6) is 0 Å². The highest BCUT2D eigenvalue weighted by molar-refractivity contribution is 5.84. The molecule has 2 rings (SSSR count). The van der Waals surface area contributed by atoms with Crippen molar-refractivity contribution < 1.29 is 4.79 Å². The van der Waals surface area contributed by atoms with Crippen molar-refractivity contribution in [3.63, 3.8) is 0 Å². The lowest BCUT2D eigenvalue weighted by Gasteiger charge is -2.35. The van der Waals surface area contributed by atoms with E-state index in [-0.39, 0.29) is 17.9 Å². The molecule has 1 aromatic rings. The minimum absolute atomic E-state index is 0.0320. The zero-order chi connectivity index (χ0) is 13.1. The minimum Gasteiger partial charge on any atom is -0.368 e. The molecular weight excluding hydrogens is 230 g/mol. The fourth-order valence-electron chi connectivity index (χ4n) is 2.37. The maximum absolute atomic E-state index is 11.9. The predicted octanol–water partition coefficient (Wildman–Crippen LogP) is 0.472. The topological polar surface area (TPSA) is 84.1 Å². The van der Waals surface area contributed by atoms with Gasteiger partial charge in [0.1, 0.15) is 11.9 Å². The molecule has 0 aliphatic carbocycles. The Balaban J connectivity index is 2.30. The normalized spacial score (nSPS) is 19.7. The van der Waals surface area contributed by atoms with Crippen LogP contribution in [-0.4, -0.2) is 35.5 Å². The second-order valence-electron chi connectivity index (χ2n) is 4.54. The van der Waals surface area contributed by atoms with Crippen LogP contribution in [0, 0.1) is 6.92 Å². The number of aryl methyl sites for hydroxylation is 1. The van der Waals surface area contributed by atoms with Crippen molar-refractivity contribution in [3.8, 4) is 0 Å². The number of aromatic nitrogens is 2. The summed E-state index contributed by atoms with van der Waals surface area (Å²) in [6.45, 7) is 2.70. The maximum Gasteiger partial charge on any atom is 0.242 e. The van der Waals surface area contributed by atoms with Gasteiger partial charge in [-0.2, -0.15) is 4.98 Å². The first-order valence-electron chi connectivity index (χ1n) is 6.21. The molecule has 98 valence electrons. The lowest BCUT2D eigenvalue weighted by Crippen LogP contribution is -2.49. The van der Waals surface area contributed by atoms with E-state index >= 15 is 0 Å². The Kier molecular flexibility index (Phi) is 3.64. The summed E-state index contributed by atoms with van der Waals surface area (Å²) in [4.78, 5) is 22.2. The summed E-state index contributed by atoms with van der Waals surface area (Å²) in [5, 5.41) is 2.71. The number of nitrogens with two attached hydrogens (primary N) is 1. The lowest BCUT2D eigenvalue weighted by atomic mass is 10.0. The molecule has 0 saturated carbocycles. The summed E-state index contributed by atoms with van der Waals surface area (Å²) in [6.07, 6.45) is 2.98. The molecule has 3 N–H and O–H groups in total. The Morgan fingerprint density at radius 1 is 1.50 bits per heavy atom. The molecule has 1 saturated heterocycles. The SMILES string of the molecule is CNC(=O)C1CCCCN1c1cc(C)nc(N)n1. The van der Waals surface area contributed by atoms with Crippen molar-refractivity contribution in [1.29, 1.82) is 0 Å². The molecule has 1 atom stereocenters. The van der Waals surface area contributed by atoms with Crippen LogP contribution < -0.4 is 16.0 Å². The van der Waals surface area contributed by atoms with Gasteiger partial charge in [-0.25, -0.2) is 4.98 Å². The number of likely N-dealkylation sites (N-methyl/N-ethyl adjacent to an activating group) is 1. The van der Waals surface area contributed by atoms with Crippen LogP contribution in [-0.2, 0) is 4.79 Å². The lowest BCUT2D eigenvalue weighted by molar-refractivity contribution is -0.122. The zero-order valence-electron chi connectivity index (χ0n) is 10.8. The molecule has 1 aliphatic heterocycles. The van der Waals surface area contributed by atoms with Gasteiger partial charge in [0.15, 0.2) is 0 Å². The average Bonchev–Trinajstić information content (AvgIpc) is 2.36. The molecule has 1 aromatic heterocycles. The summed E-state index contributed by atoms with van der Waals surface area (Å²) < 4.78 is 0. The summed E-state index contributed by atoms with van der Waals surface area (Å²) in [7, 11) is 1.66. The first kappa shape index (κ1) is 12.6. The number of hydrogen-bond acceptors (Lipinski definition) is 5. The Hall–Kier alpha value is -1.85. The van der Waals surface area contributed by atoms with Crippen LogP contribution >= 0.6 is 0 Å². The maximum atomic E-state index is 11.9. The number of carbonyl (C=O) groups is 1. The average molecular weight is 249 g/mol. The molecule has 18 heavy (non-hydrogen) atoms. The van der Waals surface area contributed by atoms with Crippen molar-refractivity contribution in [1.82, 2.24) is 15.3 Å². The number of nitrogens with zero attached hydrogens (tertiary/aromatic N) is 3. The largest absolute Gasteiger partial charge is 0.368 e. The molecule has 2 heterocycles. The Morgan fingerprint density at radius 3 is 2.94 bits per heavy atom. The van der Waals surface area contributed by atoms with E-state index in [1.165, 1.54) is 0 Å². The molecule has 0 radical (unpaired) electrons.